The predicted octanol–water partition coefficient (Wildman–Crippen LogP) is 2.41. The van der Waals surface area contributed by atoms with Crippen molar-refractivity contribution in [2.24, 2.45) is 0 Å². The first-order valence-corrected chi connectivity index (χ1v) is 10.7. The molecule has 2 aromatic carbocycles. The molecule has 4 amide bonds. The van der Waals surface area contributed by atoms with Crippen LogP contribution < -0.4 is 20.1 Å². The number of nitrogens with one attached hydrogen (secondary N) is 2. The zero-order valence-electron chi connectivity index (χ0n) is 18.2. The van der Waals surface area contributed by atoms with Crippen LogP contribution in [0, 0.1) is 0 Å². The maximum absolute atomic E-state index is 13.0. The lowest BCUT2D eigenvalue weighted by atomic mass is 9.92. The molecule has 2 aromatic rings. The van der Waals surface area contributed by atoms with Crippen molar-refractivity contribution in [2.75, 3.05) is 13.3 Å². The first-order chi connectivity index (χ1) is 15.3. The van der Waals surface area contributed by atoms with Gasteiger partial charge < -0.3 is 20.1 Å². The number of rotatable bonds is 8. The standard InChI is InChI=1S/C24H27N3O5/c1-16(8-9-17-6-4-3-5-7-17)25-21(28)14-27-22(29)24(2,26-23(27)30)13-18-10-11-19-20(12-18)32-15-31-19/h3-7,10-12,16H,8-9,13-15H2,1-2H3,(H,25,28)(H,26,30)/t16-,24-/m1/s1. The number of amides is 4. The van der Waals surface area contributed by atoms with E-state index in [1.165, 1.54) is 5.56 Å². The van der Waals surface area contributed by atoms with Crippen LogP contribution in [0.5, 0.6) is 11.5 Å². The molecule has 2 atom stereocenters. The van der Waals surface area contributed by atoms with Crippen LogP contribution in [0.1, 0.15) is 31.4 Å². The number of carbonyl (C=O) groups is 3. The third-order valence-electron chi connectivity index (χ3n) is 5.76. The summed E-state index contributed by atoms with van der Waals surface area (Å²) >= 11 is 0. The Kier molecular flexibility index (Phi) is 6.03. The Morgan fingerprint density at radius 2 is 1.88 bits per heavy atom. The third kappa shape index (κ3) is 4.69. The van der Waals surface area contributed by atoms with Crippen molar-refractivity contribution in [3.05, 3.63) is 59.7 Å². The average Bonchev–Trinajstić information content (AvgIpc) is 3.31. The Morgan fingerprint density at radius 1 is 1.12 bits per heavy atom. The van der Waals surface area contributed by atoms with Gasteiger partial charge in [-0.1, -0.05) is 36.4 Å². The highest BCUT2D eigenvalue weighted by atomic mass is 16.7. The number of urea groups is 1. The van der Waals surface area contributed by atoms with Gasteiger partial charge >= 0.3 is 6.03 Å². The van der Waals surface area contributed by atoms with Crippen molar-refractivity contribution in [2.45, 2.75) is 44.7 Å². The highest BCUT2D eigenvalue weighted by Crippen LogP contribution is 2.34. The molecule has 2 heterocycles. The smallest absolute Gasteiger partial charge is 0.325 e. The molecule has 0 unspecified atom stereocenters. The van der Waals surface area contributed by atoms with Crippen LogP contribution in [0.4, 0.5) is 4.79 Å². The van der Waals surface area contributed by atoms with Gasteiger partial charge in [-0.3, -0.25) is 14.5 Å². The van der Waals surface area contributed by atoms with Gasteiger partial charge in [0.05, 0.1) is 0 Å². The van der Waals surface area contributed by atoms with Gasteiger partial charge in [-0.15, -0.1) is 0 Å². The number of imide groups is 1. The van der Waals surface area contributed by atoms with Crippen LogP contribution in [0.25, 0.3) is 0 Å². The lowest BCUT2D eigenvalue weighted by Gasteiger charge is -2.22. The topological polar surface area (TPSA) is 97.0 Å². The Labute approximate surface area is 186 Å². The minimum atomic E-state index is -1.13. The minimum absolute atomic E-state index is 0.0801. The van der Waals surface area contributed by atoms with E-state index >= 15 is 0 Å². The zero-order chi connectivity index (χ0) is 22.7. The van der Waals surface area contributed by atoms with Crippen molar-refractivity contribution in [1.29, 1.82) is 0 Å². The van der Waals surface area contributed by atoms with Crippen molar-refractivity contribution in [3.8, 4) is 11.5 Å². The summed E-state index contributed by atoms with van der Waals surface area (Å²) in [5.74, 6) is 0.484. The normalized spacial score (nSPS) is 20.2. The molecule has 1 fully saturated rings. The zero-order valence-corrected chi connectivity index (χ0v) is 18.2. The Morgan fingerprint density at radius 3 is 2.66 bits per heavy atom. The molecule has 2 aliphatic heterocycles. The summed E-state index contributed by atoms with van der Waals surface area (Å²) in [6.45, 7) is 3.43. The van der Waals surface area contributed by atoms with E-state index in [-0.39, 0.29) is 31.7 Å². The molecular formula is C24H27N3O5. The first-order valence-electron chi connectivity index (χ1n) is 10.7. The van der Waals surface area contributed by atoms with Crippen LogP contribution in [0.2, 0.25) is 0 Å². The van der Waals surface area contributed by atoms with E-state index in [4.69, 9.17) is 9.47 Å². The van der Waals surface area contributed by atoms with Gasteiger partial charge in [0.15, 0.2) is 11.5 Å². The second kappa shape index (κ2) is 8.90. The molecule has 2 N–H and O–H groups in total. The molecule has 4 rings (SSSR count). The van der Waals surface area contributed by atoms with E-state index in [1.54, 1.807) is 19.1 Å². The summed E-state index contributed by atoms with van der Waals surface area (Å²) in [5.41, 5.74) is 0.887. The SMILES string of the molecule is C[C@H](CCc1ccccc1)NC(=O)CN1C(=O)N[C@](C)(Cc2ccc3c(c2)OCO3)C1=O. The fourth-order valence-corrected chi connectivity index (χ4v) is 4.03. The fraction of sp³-hybridized carbons (Fsp3) is 0.375. The van der Waals surface area contributed by atoms with Crippen molar-refractivity contribution >= 4 is 17.8 Å². The summed E-state index contributed by atoms with van der Waals surface area (Å²) in [7, 11) is 0. The minimum Gasteiger partial charge on any atom is -0.454 e. The molecule has 0 bridgehead atoms. The predicted molar refractivity (Wildman–Crippen MR) is 117 cm³/mol. The largest absolute Gasteiger partial charge is 0.454 e. The Balaban J connectivity index is 1.32. The van der Waals surface area contributed by atoms with Crippen LogP contribution in [0.15, 0.2) is 48.5 Å². The molecule has 0 aliphatic carbocycles. The number of hydrogen-bond acceptors (Lipinski definition) is 5. The monoisotopic (exact) mass is 437 g/mol. The van der Waals surface area contributed by atoms with E-state index < -0.39 is 17.5 Å². The van der Waals surface area contributed by atoms with Gasteiger partial charge in [0, 0.05) is 12.5 Å². The summed E-state index contributed by atoms with van der Waals surface area (Å²) in [4.78, 5) is 39.0. The van der Waals surface area contributed by atoms with Crippen molar-refractivity contribution < 1.29 is 23.9 Å². The van der Waals surface area contributed by atoms with E-state index in [2.05, 4.69) is 10.6 Å². The molecule has 2 aliphatic rings. The van der Waals surface area contributed by atoms with Gasteiger partial charge in [0.1, 0.15) is 12.1 Å². The highest BCUT2D eigenvalue weighted by molar-refractivity contribution is 6.09. The fourth-order valence-electron chi connectivity index (χ4n) is 4.03. The molecule has 8 nitrogen and oxygen atoms in total. The number of fused-ring (bicyclic) bond motifs is 1. The number of aryl methyl sites for hydroxylation is 1. The maximum Gasteiger partial charge on any atom is 0.325 e. The van der Waals surface area contributed by atoms with E-state index in [9.17, 15) is 14.4 Å². The number of benzene rings is 2. The quantitative estimate of drug-likeness (QED) is 0.618. The molecule has 168 valence electrons. The van der Waals surface area contributed by atoms with E-state index in [0.29, 0.717) is 11.5 Å². The van der Waals surface area contributed by atoms with E-state index in [1.807, 2.05) is 43.3 Å². The number of hydrogen-bond donors (Lipinski definition) is 2. The lowest BCUT2D eigenvalue weighted by Crippen LogP contribution is -2.47. The summed E-state index contributed by atoms with van der Waals surface area (Å²) < 4.78 is 10.7. The summed E-state index contributed by atoms with van der Waals surface area (Å²) in [5, 5.41) is 5.62. The van der Waals surface area contributed by atoms with Crippen molar-refractivity contribution in [3.63, 3.8) is 0 Å². The number of carbonyl (C=O) groups excluding carboxylic acids is 3. The molecule has 0 spiro atoms. The Bertz CT molecular complexity index is 1030. The average molecular weight is 437 g/mol. The number of ether oxygens (including phenoxy) is 2. The molecule has 0 aromatic heterocycles. The molecule has 1 saturated heterocycles. The molecule has 8 heteroatoms. The molecule has 0 radical (unpaired) electrons. The number of nitrogens with zero attached hydrogens (tertiary/aromatic N) is 1. The molecule has 0 saturated carbocycles. The van der Waals surface area contributed by atoms with Gasteiger partial charge in [-0.05, 0) is 49.9 Å². The first kappa shape index (κ1) is 21.7. The van der Waals surface area contributed by atoms with Gasteiger partial charge in [-0.2, -0.15) is 0 Å². The summed E-state index contributed by atoms with van der Waals surface area (Å²) in [6, 6.07) is 14.8. The Hall–Kier alpha value is -3.55. The van der Waals surface area contributed by atoms with Gasteiger partial charge in [-0.25, -0.2) is 4.79 Å². The van der Waals surface area contributed by atoms with Gasteiger partial charge in [0.25, 0.3) is 5.91 Å². The molecular weight excluding hydrogens is 410 g/mol. The lowest BCUT2D eigenvalue weighted by molar-refractivity contribution is -0.134. The van der Waals surface area contributed by atoms with Gasteiger partial charge in [0.2, 0.25) is 12.7 Å². The van der Waals surface area contributed by atoms with E-state index in [0.717, 1.165) is 23.3 Å². The maximum atomic E-state index is 13.0. The molecule has 32 heavy (non-hydrogen) atoms. The third-order valence-corrected chi connectivity index (χ3v) is 5.76. The summed E-state index contributed by atoms with van der Waals surface area (Å²) in [6.07, 6.45) is 1.87. The van der Waals surface area contributed by atoms with Crippen LogP contribution in [-0.2, 0) is 22.4 Å². The second-order valence-electron chi connectivity index (χ2n) is 8.51. The second-order valence-corrected chi connectivity index (χ2v) is 8.51. The van der Waals surface area contributed by atoms with Crippen LogP contribution in [0.3, 0.4) is 0 Å². The van der Waals surface area contributed by atoms with Crippen molar-refractivity contribution in [1.82, 2.24) is 15.5 Å². The highest BCUT2D eigenvalue weighted by Gasteiger charge is 2.48. The van der Waals surface area contributed by atoms with Crippen LogP contribution in [-0.4, -0.2) is 47.7 Å². The van der Waals surface area contributed by atoms with Crippen LogP contribution >= 0.6 is 0 Å².